The molecule has 2 rings (SSSR count). The first-order valence-corrected chi connectivity index (χ1v) is 10.8. The largest absolute Gasteiger partial charge is 0.462 e. The zero-order chi connectivity index (χ0) is 22.8. The van der Waals surface area contributed by atoms with Crippen molar-refractivity contribution in [3.05, 3.63) is 45.5 Å². The van der Waals surface area contributed by atoms with Crippen molar-refractivity contribution in [3.8, 4) is 6.07 Å². The van der Waals surface area contributed by atoms with Crippen LogP contribution in [0.1, 0.15) is 49.0 Å². The molecule has 10 heteroatoms. The average Bonchev–Trinajstić information content (AvgIpc) is 3.18. The summed E-state index contributed by atoms with van der Waals surface area (Å²) in [4.78, 5) is 25.0. The molecule has 0 spiro atoms. The Balaban J connectivity index is 2.27. The predicted octanol–water partition coefficient (Wildman–Crippen LogP) is 6.08. The van der Waals surface area contributed by atoms with E-state index in [4.69, 9.17) is 10.00 Å². The number of nitrogens with zero attached hydrogens (tertiary/aromatic N) is 5. The highest BCUT2D eigenvalue weighted by atomic mass is 32.1. The van der Waals surface area contributed by atoms with Crippen molar-refractivity contribution in [1.29, 1.82) is 5.26 Å². The summed E-state index contributed by atoms with van der Waals surface area (Å²) in [7, 11) is 0. The molecule has 0 atom stereocenters. The summed E-state index contributed by atoms with van der Waals surface area (Å²) in [5.41, 5.74) is 2.46. The summed E-state index contributed by atoms with van der Waals surface area (Å²) < 4.78 is 5.18. The summed E-state index contributed by atoms with van der Waals surface area (Å²) >= 11 is 0.782. The smallest absolute Gasteiger partial charge is 0.341 e. The van der Waals surface area contributed by atoms with Crippen molar-refractivity contribution in [1.82, 2.24) is 0 Å². The first kappa shape index (κ1) is 24.0. The molecule has 9 nitrogen and oxygen atoms in total. The van der Waals surface area contributed by atoms with Gasteiger partial charge in [0.25, 0.3) is 0 Å². The number of nitriles is 1. The Morgan fingerprint density at radius 1 is 1.32 bits per heavy atom. The highest BCUT2D eigenvalue weighted by molar-refractivity contribution is 7.19. The highest BCUT2D eigenvalue weighted by Gasteiger charge is 2.23. The van der Waals surface area contributed by atoms with Gasteiger partial charge in [0.15, 0.2) is 5.00 Å². The van der Waals surface area contributed by atoms with E-state index in [0.29, 0.717) is 25.1 Å². The van der Waals surface area contributed by atoms with Crippen LogP contribution in [0, 0.1) is 28.4 Å². The average molecular weight is 444 g/mol. The number of esters is 1. The standard InChI is InChI=1S/C21H25N5O4S/c1-4-6-12-30-21(27)17-14-19(26(28)29)31-20(17)24-23-18-9-8-16(13-15(18)3)25(5-2)11-7-10-22/h8-9,13-14H,4-7,11-12H2,1-3H3. The molecular formula is C21H25N5O4S. The molecule has 1 aromatic heterocycles. The van der Waals surface area contributed by atoms with Crippen LogP contribution >= 0.6 is 11.3 Å². The van der Waals surface area contributed by atoms with Gasteiger partial charge in [0, 0.05) is 24.8 Å². The number of rotatable bonds is 11. The van der Waals surface area contributed by atoms with Crippen LogP contribution in [-0.2, 0) is 4.74 Å². The molecule has 0 bridgehead atoms. The van der Waals surface area contributed by atoms with E-state index in [-0.39, 0.29) is 22.2 Å². The van der Waals surface area contributed by atoms with Gasteiger partial charge in [0.1, 0.15) is 5.56 Å². The van der Waals surface area contributed by atoms with Crippen LogP contribution in [0.3, 0.4) is 0 Å². The third-order valence-corrected chi connectivity index (χ3v) is 5.47. The first-order valence-electron chi connectivity index (χ1n) is 10.0. The van der Waals surface area contributed by atoms with Gasteiger partial charge < -0.3 is 9.64 Å². The van der Waals surface area contributed by atoms with Crippen LogP contribution in [0.5, 0.6) is 0 Å². The molecule has 0 N–H and O–H groups in total. The molecule has 1 heterocycles. The third-order valence-electron chi connectivity index (χ3n) is 4.50. The second kappa shape index (κ2) is 11.8. The normalized spacial score (nSPS) is 10.8. The minimum absolute atomic E-state index is 0.0412. The van der Waals surface area contributed by atoms with Crippen LogP contribution in [0.15, 0.2) is 34.5 Å². The topological polar surface area (TPSA) is 121 Å². The lowest BCUT2D eigenvalue weighted by atomic mass is 10.1. The fourth-order valence-corrected chi connectivity index (χ4v) is 3.55. The Kier molecular flexibility index (Phi) is 9.09. The van der Waals surface area contributed by atoms with Crippen molar-refractivity contribution in [2.45, 2.75) is 40.0 Å². The molecule has 164 valence electrons. The summed E-state index contributed by atoms with van der Waals surface area (Å²) in [6.07, 6.45) is 2.01. The van der Waals surface area contributed by atoms with Crippen molar-refractivity contribution < 1.29 is 14.5 Å². The quantitative estimate of drug-likeness (QED) is 0.136. The Bertz CT molecular complexity index is 996. The maximum absolute atomic E-state index is 12.3. The third kappa shape index (κ3) is 6.58. The van der Waals surface area contributed by atoms with Gasteiger partial charge >= 0.3 is 11.0 Å². The number of unbranched alkanes of at least 4 members (excludes halogenated alkanes) is 1. The lowest BCUT2D eigenvalue weighted by Crippen LogP contribution is -2.23. The predicted molar refractivity (Wildman–Crippen MR) is 120 cm³/mol. The van der Waals surface area contributed by atoms with Crippen LogP contribution in [-0.4, -0.2) is 30.6 Å². The Hall–Kier alpha value is -3.32. The summed E-state index contributed by atoms with van der Waals surface area (Å²) in [6.45, 7) is 7.52. The molecule has 0 aliphatic rings. The van der Waals surface area contributed by atoms with Crippen molar-refractivity contribution in [3.63, 3.8) is 0 Å². The van der Waals surface area contributed by atoms with Gasteiger partial charge in [-0.15, -0.1) is 10.2 Å². The molecule has 0 radical (unpaired) electrons. The van der Waals surface area contributed by atoms with Gasteiger partial charge in [-0.3, -0.25) is 10.1 Å². The molecule has 0 saturated carbocycles. The second-order valence-electron chi connectivity index (χ2n) is 6.71. The van der Waals surface area contributed by atoms with Gasteiger partial charge in [0.05, 0.1) is 29.7 Å². The monoisotopic (exact) mass is 443 g/mol. The molecule has 0 amide bonds. The molecule has 0 aliphatic carbocycles. The number of hydrogen-bond donors (Lipinski definition) is 0. The van der Waals surface area contributed by atoms with Gasteiger partial charge in [-0.1, -0.05) is 13.3 Å². The Morgan fingerprint density at radius 3 is 2.71 bits per heavy atom. The zero-order valence-corrected chi connectivity index (χ0v) is 18.6. The van der Waals surface area contributed by atoms with Crippen LogP contribution in [0.4, 0.5) is 21.4 Å². The number of azo groups is 1. The van der Waals surface area contributed by atoms with E-state index in [1.165, 1.54) is 6.07 Å². The molecule has 0 aliphatic heterocycles. The van der Waals surface area contributed by atoms with E-state index in [2.05, 4.69) is 21.2 Å². The number of thiophene rings is 1. The van der Waals surface area contributed by atoms with Crippen molar-refractivity contribution in [2.24, 2.45) is 10.2 Å². The number of carbonyl (C=O) groups excluding carboxylic acids is 1. The van der Waals surface area contributed by atoms with Crippen LogP contribution in [0.2, 0.25) is 0 Å². The number of hydrogen-bond acceptors (Lipinski definition) is 9. The highest BCUT2D eigenvalue weighted by Crippen LogP contribution is 2.38. The van der Waals surface area contributed by atoms with Crippen LogP contribution < -0.4 is 4.90 Å². The number of aryl methyl sites for hydroxylation is 1. The maximum atomic E-state index is 12.3. The molecule has 0 saturated heterocycles. The molecule has 31 heavy (non-hydrogen) atoms. The zero-order valence-electron chi connectivity index (χ0n) is 17.8. The minimum atomic E-state index is -0.644. The van der Waals surface area contributed by atoms with Crippen LogP contribution in [0.25, 0.3) is 0 Å². The number of nitro groups is 1. The molecule has 1 aromatic carbocycles. The molecule has 0 fully saturated rings. The van der Waals surface area contributed by atoms with E-state index >= 15 is 0 Å². The number of anilines is 1. The van der Waals surface area contributed by atoms with E-state index in [1.807, 2.05) is 32.9 Å². The number of ether oxygens (including phenoxy) is 1. The number of benzene rings is 1. The van der Waals surface area contributed by atoms with Gasteiger partial charge in [-0.05, 0) is 55.4 Å². The molecule has 0 unspecified atom stereocenters. The lowest BCUT2D eigenvalue weighted by molar-refractivity contribution is -0.380. The maximum Gasteiger partial charge on any atom is 0.341 e. The van der Waals surface area contributed by atoms with E-state index in [0.717, 1.165) is 35.6 Å². The van der Waals surface area contributed by atoms with Gasteiger partial charge in [0.2, 0.25) is 0 Å². The van der Waals surface area contributed by atoms with E-state index < -0.39 is 10.9 Å². The van der Waals surface area contributed by atoms with Crippen molar-refractivity contribution >= 4 is 38.7 Å². The molecular weight excluding hydrogens is 418 g/mol. The minimum Gasteiger partial charge on any atom is -0.462 e. The lowest BCUT2D eigenvalue weighted by Gasteiger charge is -2.22. The molecule has 2 aromatic rings. The first-order chi connectivity index (χ1) is 14.9. The Morgan fingerprint density at radius 2 is 2.10 bits per heavy atom. The number of carbonyl (C=O) groups is 1. The SMILES string of the molecule is CCCCOC(=O)c1cc([N+](=O)[O-])sc1N=Nc1ccc(N(CC)CCC#N)cc1C. The van der Waals surface area contributed by atoms with Gasteiger partial charge in [-0.2, -0.15) is 5.26 Å². The summed E-state index contributed by atoms with van der Waals surface area (Å²) in [6, 6.07) is 8.96. The summed E-state index contributed by atoms with van der Waals surface area (Å²) in [5.74, 6) is -0.644. The van der Waals surface area contributed by atoms with Gasteiger partial charge in [-0.25, -0.2) is 4.79 Å². The van der Waals surface area contributed by atoms with E-state index in [9.17, 15) is 14.9 Å². The summed E-state index contributed by atoms with van der Waals surface area (Å²) in [5, 5.41) is 28.2. The Labute approximate surface area is 185 Å². The fourth-order valence-electron chi connectivity index (χ4n) is 2.77. The van der Waals surface area contributed by atoms with E-state index in [1.54, 1.807) is 6.07 Å². The fraction of sp³-hybridized carbons (Fsp3) is 0.429. The van der Waals surface area contributed by atoms with Crippen molar-refractivity contribution in [2.75, 3.05) is 24.6 Å². The second-order valence-corrected chi connectivity index (χ2v) is 7.72.